The van der Waals surface area contributed by atoms with E-state index < -0.39 is 0 Å². The van der Waals surface area contributed by atoms with E-state index in [1.54, 1.807) is 35.0 Å². The molecule has 0 fully saturated rings. The molecule has 0 radical (unpaired) electrons. The molecule has 0 spiro atoms. The zero-order valence-electron chi connectivity index (χ0n) is 11.1. The molecule has 0 aliphatic rings. The summed E-state index contributed by atoms with van der Waals surface area (Å²) in [5.74, 6) is 0.192. The second-order valence-corrected chi connectivity index (χ2v) is 5.98. The molecule has 0 atom stereocenters. The molecule has 2 aromatic heterocycles. The summed E-state index contributed by atoms with van der Waals surface area (Å²) in [5.41, 5.74) is 3.09. The van der Waals surface area contributed by atoms with Gasteiger partial charge in [-0.05, 0) is 51.2 Å². The summed E-state index contributed by atoms with van der Waals surface area (Å²) >= 11 is 2.09. The first-order valence-electron chi connectivity index (χ1n) is 6.50. The number of para-hydroxylation sites is 1. The molecule has 7 heteroatoms. The van der Waals surface area contributed by atoms with Gasteiger partial charge < -0.3 is 10.3 Å². The van der Waals surface area contributed by atoms with Crippen LogP contribution in [-0.4, -0.2) is 19.8 Å². The lowest BCUT2D eigenvalue weighted by Gasteiger charge is -2.06. The van der Waals surface area contributed by atoms with Crippen molar-refractivity contribution in [1.82, 2.24) is 14.7 Å². The van der Waals surface area contributed by atoms with Crippen LogP contribution >= 0.6 is 22.6 Å². The molecular weight excluding hydrogens is 395 g/mol. The fourth-order valence-corrected chi connectivity index (χ4v) is 2.93. The van der Waals surface area contributed by atoms with Crippen LogP contribution in [0.3, 0.4) is 0 Å². The van der Waals surface area contributed by atoms with Crippen LogP contribution in [0.2, 0.25) is 0 Å². The molecule has 6 nitrogen and oxygen atoms in total. The van der Waals surface area contributed by atoms with E-state index in [1.807, 2.05) is 18.2 Å². The number of hydrogen-bond donors (Lipinski definition) is 1. The van der Waals surface area contributed by atoms with E-state index >= 15 is 0 Å². The Labute approximate surface area is 138 Å². The van der Waals surface area contributed by atoms with Crippen LogP contribution in [-0.2, 0) is 0 Å². The fraction of sp³-hybridized carbons (Fsp3) is 0. The van der Waals surface area contributed by atoms with E-state index in [1.165, 1.54) is 0 Å². The van der Waals surface area contributed by atoms with Crippen LogP contribution in [0.1, 0.15) is 0 Å². The minimum atomic E-state index is 0.192. The van der Waals surface area contributed by atoms with Crippen molar-refractivity contribution >= 4 is 39.3 Å². The van der Waals surface area contributed by atoms with Gasteiger partial charge in [0.25, 0.3) is 5.52 Å². The maximum Gasteiger partial charge on any atom is 0.270 e. The molecule has 2 heterocycles. The van der Waals surface area contributed by atoms with Crippen LogP contribution in [0.5, 0.6) is 5.75 Å². The monoisotopic (exact) mass is 404 g/mol. The summed E-state index contributed by atoms with van der Waals surface area (Å²) in [6, 6.07) is 12.4. The van der Waals surface area contributed by atoms with Crippen molar-refractivity contribution in [2.75, 3.05) is 0 Å². The highest BCUT2D eigenvalue weighted by Gasteiger charge is 2.16. The number of hydrogen-bond acceptors (Lipinski definition) is 4. The summed E-state index contributed by atoms with van der Waals surface area (Å²) in [6.07, 6.45) is 1.66. The summed E-state index contributed by atoms with van der Waals surface area (Å²) in [4.78, 5) is 0.600. The van der Waals surface area contributed by atoms with E-state index in [-0.39, 0.29) is 5.75 Å². The van der Waals surface area contributed by atoms with Gasteiger partial charge in [-0.15, -0.1) is 0 Å². The molecule has 0 saturated heterocycles. The second-order valence-electron chi connectivity index (χ2n) is 4.82. The molecule has 0 amide bonds. The number of aromatic nitrogens is 4. The Morgan fingerprint density at radius 2 is 2.00 bits per heavy atom. The molecule has 2 aromatic carbocycles. The molecular formula is C15H9IN4O2. The van der Waals surface area contributed by atoms with E-state index in [0.29, 0.717) is 27.1 Å². The first-order valence-corrected chi connectivity index (χ1v) is 7.58. The van der Waals surface area contributed by atoms with Crippen LogP contribution in [0.4, 0.5) is 0 Å². The van der Waals surface area contributed by atoms with Gasteiger partial charge in [-0.2, -0.15) is 5.10 Å². The first-order chi connectivity index (χ1) is 10.6. The molecule has 0 aliphatic carbocycles. The van der Waals surface area contributed by atoms with E-state index in [9.17, 15) is 10.3 Å². The van der Waals surface area contributed by atoms with Crippen molar-refractivity contribution in [3.8, 4) is 16.9 Å². The van der Waals surface area contributed by atoms with Crippen LogP contribution in [0, 0.1) is 8.78 Å². The number of phenolic OH excluding ortho intramolecular Hbond substituents is 1. The largest absolute Gasteiger partial charge is 0.594 e. The Balaban J connectivity index is 2.09. The number of halogens is 1. The SMILES string of the molecule is [O-][n+]1nc2c(I)cnn2c2cc(-c3ccccc3O)ccc21. The number of phenols is 1. The van der Waals surface area contributed by atoms with Crippen LogP contribution in [0.15, 0.2) is 48.7 Å². The number of rotatable bonds is 1. The summed E-state index contributed by atoms with van der Waals surface area (Å²) in [5, 5.41) is 30.3. The molecule has 0 unspecified atom stereocenters. The van der Waals surface area contributed by atoms with Gasteiger partial charge in [0, 0.05) is 16.7 Å². The predicted octanol–water partition coefficient (Wildman–Crippen LogP) is 2.49. The van der Waals surface area contributed by atoms with Gasteiger partial charge in [-0.25, -0.2) is 4.52 Å². The van der Waals surface area contributed by atoms with Crippen molar-refractivity contribution in [1.29, 1.82) is 0 Å². The van der Waals surface area contributed by atoms with E-state index in [4.69, 9.17) is 0 Å². The number of nitrogens with zero attached hydrogens (tertiary/aromatic N) is 4. The first kappa shape index (κ1) is 13.3. The minimum absolute atomic E-state index is 0.192. The minimum Gasteiger partial charge on any atom is -0.594 e. The standard InChI is InChI=1S/C15H9IN4O2/c16-11-8-17-19-13-7-9(10-3-1-2-4-14(10)21)5-6-12(13)20(22)18-15(11)19/h1-8,21H. The average molecular weight is 404 g/mol. The van der Waals surface area contributed by atoms with Crippen molar-refractivity contribution in [2.24, 2.45) is 0 Å². The highest BCUT2D eigenvalue weighted by molar-refractivity contribution is 14.1. The quantitative estimate of drug-likeness (QED) is 0.301. The Morgan fingerprint density at radius 1 is 1.18 bits per heavy atom. The number of fused-ring (bicyclic) bond motifs is 3. The van der Waals surface area contributed by atoms with Gasteiger partial charge in [0.1, 0.15) is 11.3 Å². The van der Waals surface area contributed by atoms with Crippen molar-refractivity contribution in [3.63, 3.8) is 0 Å². The van der Waals surface area contributed by atoms with Crippen molar-refractivity contribution in [2.45, 2.75) is 0 Å². The van der Waals surface area contributed by atoms with Crippen molar-refractivity contribution in [3.05, 3.63) is 57.4 Å². The summed E-state index contributed by atoms with van der Waals surface area (Å²) < 4.78 is 2.44. The zero-order chi connectivity index (χ0) is 15.3. The molecule has 0 aliphatic heterocycles. The molecule has 4 aromatic rings. The second kappa shape index (κ2) is 4.80. The Hall–Kier alpha value is -2.42. The molecule has 0 bridgehead atoms. The maximum absolute atomic E-state index is 12.1. The lowest BCUT2D eigenvalue weighted by molar-refractivity contribution is -0.640. The van der Waals surface area contributed by atoms with Gasteiger partial charge in [0.05, 0.1) is 9.77 Å². The third-order valence-electron chi connectivity index (χ3n) is 3.51. The fourth-order valence-electron chi connectivity index (χ4n) is 2.47. The van der Waals surface area contributed by atoms with Gasteiger partial charge in [-0.1, -0.05) is 18.2 Å². The van der Waals surface area contributed by atoms with Crippen LogP contribution in [0.25, 0.3) is 27.8 Å². The molecule has 108 valence electrons. The Kier molecular flexibility index (Phi) is 2.89. The third-order valence-corrected chi connectivity index (χ3v) is 4.27. The highest BCUT2D eigenvalue weighted by Crippen LogP contribution is 2.30. The van der Waals surface area contributed by atoms with Gasteiger partial charge in [0.15, 0.2) is 0 Å². The smallest absolute Gasteiger partial charge is 0.270 e. The average Bonchev–Trinajstić information content (AvgIpc) is 2.89. The lowest BCUT2D eigenvalue weighted by atomic mass is 10.0. The molecule has 22 heavy (non-hydrogen) atoms. The maximum atomic E-state index is 12.1. The molecule has 0 saturated carbocycles. The van der Waals surface area contributed by atoms with E-state index in [2.05, 4.69) is 32.8 Å². The van der Waals surface area contributed by atoms with Gasteiger partial charge in [-0.3, -0.25) is 0 Å². The van der Waals surface area contributed by atoms with Crippen LogP contribution < -0.4 is 4.85 Å². The molecule has 4 rings (SSSR count). The lowest BCUT2D eigenvalue weighted by Crippen LogP contribution is -2.33. The summed E-state index contributed by atoms with van der Waals surface area (Å²) in [7, 11) is 0. The van der Waals surface area contributed by atoms with Gasteiger partial charge in [0.2, 0.25) is 5.65 Å². The zero-order valence-corrected chi connectivity index (χ0v) is 13.3. The van der Waals surface area contributed by atoms with Gasteiger partial charge >= 0.3 is 0 Å². The summed E-state index contributed by atoms with van der Waals surface area (Å²) in [6.45, 7) is 0. The highest BCUT2D eigenvalue weighted by atomic mass is 127. The Bertz CT molecular complexity index is 1030. The van der Waals surface area contributed by atoms with Crippen molar-refractivity contribution < 1.29 is 9.95 Å². The topological polar surface area (TPSA) is 77.4 Å². The predicted molar refractivity (Wildman–Crippen MR) is 89.3 cm³/mol. The Morgan fingerprint density at radius 3 is 2.82 bits per heavy atom. The number of aromatic hydroxyl groups is 1. The number of benzene rings is 2. The molecule has 1 N–H and O–H groups in total. The normalized spacial score (nSPS) is 11.3. The van der Waals surface area contributed by atoms with E-state index in [0.717, 1.165) is 9.13 Å². The third kappa shape index (κ3) is 1.89.